The fourth-order valence-corrected chi connectivity index (χ4v) is 6.89. The average Bonchev–Trinajstić information content (AvgIpc) is 3.68. The Morgan fingerprint density at radius 2 is 1.49 bits per heavy atom. The van der Waals surface area contributed by atoms with Gasteiger partial charge in [-0.3, -0.25) is 4.90 Å². The van der Waals surface area contributed by atoms with Gasteiger partial charge in [0.2, 0.25) is 0 Å². The zero-order valence-electron chi connectivity index (χ0n) is 22.1. The highest BCUT2D eigenvalue weighted by Gasteiger charge is 2.36. The number of rotatable bonds is 10. The van der Waals surface area contributed by atoms with Gasteiger partial charge < -0.3 is 5.32 Å². The molecule has 2 atom stereocenters. The maximum absolute atomic E-state index is 14.0. The molecule has 39 heavy (non-hydrogen) atoms. The van der Waals surface area contributed by atoms with Crippen LogP contribution in [0.25, 0.3) is 4.91 Å². The van der Waals surface area contributed by atoms with Gasteiger partial charge in [0, 0.05) is 36.5 Å². The number of nitrogens with zero attached hydrogens (tertiary/aromatic N) is 1. The van der Waals surface area contributed by atoms with Crippen LogP contribution in [0.4, 0.5) is 8.78 Å². The molecule has 0 bridgehead atoms. The monoisotopic (exact) mass is 570 g/mol. The summed E-state index contributed by atoms with van der Waals surface area (Å²) in [5, 5.41) is 4.33. The van der Waals surface area contributed by atoms with Gasteiger partial charge in [-0.05, 0) is 83.8 Å². The molecule has 0 aromatic heterocycles. The smallest absolute Gasteiger partial charge is 0.176 e. The minimum Gasteiger partial charge on any atom is -0.310 e. The lowest BCUT2D eigenvalue weighted by Crippen LogP contribution is -2.44. The van der Waals surface area contributed by atoms with Gasteiger partial charge in [-0.2, -0.15) is 0 Å². The Morgan fingerprint density at radius 3 is 2.00 bits per heavy atom. The topological polar surface area (TPSA) is 49.4 Å². The van der Waals surface area contributed by atoms with Gasteiger partial charge >= 0.3 is 0 Å². The van der Waals surface area contributed by atoms with Gasteiger partial charge in [0.1, 0.15) is 11.6 Å². The Kier molecular flexibility index (Phi) is 8.24. The third kappa shape index (κ3) is 6.43. The summed E-state index contributed by atoms with van der Waals surface area (Å²) < 4.78 is 53.4. The van der Waals surface area contributed by atoms with Gasteiger partial charge in [-0.15, -0.1) is 0 Å². The molecular formula is C31H33ClF2N2O2S. The zero-order valence-corrected chi connectivity index (χ0v) is 23.7. The molecule has 5 rings (SSSR count). The first-order chi connectivity index (χ1) is 18.6. The maximum atomic E-state index is 14.0. The van der Waals surface area contributed by atoms with E-state index in [1.165, 1.54) is 18.4 Å². The van der Waals surface area contributed by atoms with Crippen LogP contribution in [-0.4, -0.2) is 39.2 Å². The average molecular weight is 571 g/mol. The lowest BCUT2D eigenvalue weighted by atomic mass is 9.90. The second-order valence-electron chi connectivity index (χ2n) is 10.7. The Labute approximate surface area is 234 Å². The Bertz CT molecular complexity index is 1440. The molecule has 0 spiro atoms. The largest absolute Gasteiger partial charge is 0.310 e. The van der Waals surface area contributed by atoms with E-state index < -0.39 is 21.5 Å². The molecule has 1 saturated heterocycles. The molecule has 3 aromatic carbocycles. The summed E-state index contributed by atoms with van der Waals surface area (Å²) in [5.74, 6) is -0.931. The minimum absolute atomic E-state index is 0.00312. The summed E-state index contributed by atoms with van der Waals surface area (Å²) in [6.45, 7) is 3.88. The second-order valence-corrected chi connectivity index (χ2v) is 13.0. The van der Waals surface area contributed by atoms with Gasteiger partial charge in [-0.1, -0.05) is 54.9 Å². The van der Waals surface area contributed by atoms with Crippen molar-refractivity contribution in [3.05, 3.63) is 111 Å². The molecule has 1 aliphatic carbocycles. The summed E-state index contributed by atoms with van der Waals surface area (Å²) in [6, 6.07) is 19.5. The summed E-state index contributed by atoms with van der Waals surface area (Å²) in [4.78, 5) is 2.17. The molecule has 3 aromatic rings. The quantitative estimate of drug-likeness (QED) is 0.287. The van der Waals surface area contributed by atoms with Crippen LogP contribution in [0.3, 0.4) is 0 Å². The Morgan fingerprint density at radius 1 is 0.949 bits per heavy atom. The predicted octanol–water partition coefficient (Wildman–Crippen LogP) is 6.93. The first kappa shape index (κ1) is 28.0. The van der Waals surface area contributed by atoms with Gasteiger partial charge in [0.25, 0.3) is 0 Å². The number of benzene rings is 3. The van der Waals surface area contributed by atoms with Crippen molar-refractivity contribution in [3.8, 4) is 0 Å². The maximum Gasteiger partial charge on any atom is 0.176 e. The van der Waals surface area contributed by atoms with Gasteiger partial charge in [-0.25, -0.2) is 17.2 Å². The van der Waals surface area contributed by atoms with Gasteiger partial charge in [0.05, 0.1) is 10.9 Å². The molecule has 1 N–H and O–H groups in total. The van der Waals surface area contributed by atoms with Crippen molar-refractivity contribution in [3.63, 3.8) is 0 Å². The molecule has 4 nitrogen and oxygen atoms in total. The molecular weight excluding hydrogens is 538 g/mol. The first-order valence-electron chi connectivity index (χ1n) is 13.4. The number of hydrogen-bond donors (Lipinski definition) is 1. The third-order valence-corrected chi connectivity index (χ3v) is 8.99. The van der Waals surface area contributed by atoms with E-state index in [0.29, 0.717) is 35.6 Å². The van der Waals surface area contributed by atoms with Crippen molar-refractivity contribution in [2.24, 2.45) is 5.92 Å². The zero-order chi connectivity index (χ0) is 27.7. The van der Waals surface area contributed by atoms with Crippen LogP contribution >= 0.6 is 11.6 Å². The van der Waals surface area contributed by atoms with E-state index in [1.807, 2.05) is 24.3 Å². The van der Waals surface area contributed by atoms with Crippen molar-refractivity contribution in [1.29, 1.82) is 0 Å². The van der Waals surface area contributed by atoms with Crippen molar-refractivity contribution >= 4 is 26.3 Å². The standard InChI is InChI=1S/C31H33ClF2N2O2S/c1-3-14-35-29(20-4-5-20)21-6-8-22(9-7-21)30(23-10-12-26(32)13-11-23)36-18-25(19-36)31(39(2,37)38)24-15-27(33)17-28(34)16-24/h6-13,15-17,20,29-30,35H,3-5,14,18-19H2,1-2H3. The second kappa shape index (κ2) is 11.5. The van der Waals surface area contributed by atoms with Crippen molar-refractivity contribution < 1.29 is 17.2 Å². The third-order valence-electron chi connectivity index (χ3n) is 7.47. The van der Waals surface area contributed by atoms with Crippen molar-refractivity contribution in [2.75, 3.05) is 25.9 Å². The molecule has 0 radical (unpaired) electrons. The minimum atomic E-state index is -3.73. The van der Waals surface area contributed by atoms with E-state index >= 15 is 0 Å². The van der Waals surface area contributed by atoms with Crippen LogP contribution in [0.1, 0.15) is 60.5 Å². The highest BCUT2D eigenvalue weighted by molar-refractivity contribution is 8.00. The lowest BCUT2D eigenvalue weighted by Gasteiger charge is -2.42. The van der Waals surface area contributed by atoms with Gasteiger partial charge in [0.15, 0.2) is 9.84 Å². The fourth-order valence-electron chi connectivity index (χ4n) is 5.57. The number of hydrogen-bond acceptors (Lipinski definition) is 4. The van der Waals surface area contributed by atoms with Crippen LogP contribution in [-0.2, 0) is 9.84 Å². The fraction of sp³-hybridized carbons (Fsp3) is 0.355. The summed E-state index contributed by atoms with van der Waals surface area (Å²) in [5.41, 5.74) is 4.08. The van der Waals surface area contributed by atoms with Crippen LogP contribution < -0.4 is 5.32 Å². The molecule has 1 saturated carbocycles. The summed E-state index contributed by atoms with van der Waals surface area (Å²) >= 11 is 6.17. The van der Waals surface area contributed by atoms with E-state index in [1.54, 1.807) is 0 Å². The molecule has 206 valence electrons. The Hall–Kier alpha value is -2.58. The lowest BCUT2D eigenvalue weighted by molar-refractivity contribution is 0.203. The number of likely N-dealkylation sites (tertiary alicyclic amines) is 1. The van der Waals surface area contributed by atoms with E-state index in [9.17, 15) is 17.2 Å². The molecule has 0 amide bonds. The predicted molar refractivity (Wildman–Crippen MR) is 153 cm³/mol. The molecule has 1 heterocycles. The van der Waals surface area contributed by atoms with E-state index in [2.05, 4.69) is 41.4 Å². The number of nitrogens with one attached hydrogen (secondary N) is 1. The van der Waals surface area contributed by atoms with E-state index in [4.69, 9.17) is 11.6 Å². The Balaban J connectivity index is 1.47. The van der Waals surface area contributed by atoms with E-state index in [-0.39, 0.29) is 16.5 Å². The SMILES string of the molecule is CCCNC(c1ccc(C(c2ccc(Cl)cc2)N2CC(=C(c3cc(F)cc(F)c3)S(C)(=O)=O)C2)cc1)C1CC1. The number of halogens is 3. The van der Waals surface area contributed by atoms with Crippen LogP contribution in [0.2, 0.25) is 5.02 Å². The van der Waals surface area contributed by atoms with Crippen LogP contribution in [0.15, 0.2) is 72.3 Å². The summed E-state index contributed by atoms with van der Waals surface area (Å²) in [6.07, 6.45) is 4.66. The highest BCUT2D eigenvalue weighted by atomic mass is 35.5. The number of sulfone groups is 1. The highest BCUT2D eigenvalue weighted by Crippen LogP contribution is 2.42. The van der Waals surface area contributed by atoms with Crippen molar-refractivity contribution in [1.82, 2.24) is 10.2 Å². The van der Waals surface area contributed by atoms with Crippen LogP contribution in [0.5, 0.6) is 0 Å². The van der Waals surface area contributed by atoms with Crippen molar-refractivity contribution in [2.45, 2.75) is 38.3 Å². The molecule has 8 heteroatoms. The molecule has 2 fully saturated rings. The normalized spacial score (nSPS) is 17.5. The molecule has 2 aliphatic rings. The summed E-state index contributed by atoms with van der Waals surface area (Å²) in [7, 11) is -3.73. The first-order valence-corrected chi connectivity index (χ1v) is 15.6. The van der Waals surface area contributed by atoms with Crippen LogP contribution in [0, 0.1) is 17.6 Å². The molecule has 2 unspecified atom stereocenters. The van der Waals surface area contributed by atoms with E-state index in [0.717, 1.165) is 48.5 Å². The molecule has 1 aliphatic heterocycles.